The van der Waals surface area contributed by atoms with Crippen LogP contribution < -0.4 is 5.32 Å². The van der Waals surface area contributed by atoms with Gasteiger partial charge in [-0.2, -0.15) is 0 Å². The van der Waals surface area contributed by atoms with Crippen molar-refractivity contribution >= 4 is 34.2 Å². The van der Waals surface area contributed by atoms with Crippen LogP contribution in [0, 0.1) is 3.57 Å². The van der Waals surface area contributed by atoms with Crippen LogP contribution in [0.2, 0.25) is 0 Å². The largest absolute Gasteiger partial charge is 0.325 e. The number of piperidine rings is 1. The van der Waals surface area contributed by atoms with E-state index in [-0.39, 0.29) is 5.91 Å². The van der Waals surface area contributed by atoms with E-state index in [0.29, 0.717) is 12.6 Å². The van der Waals surface area contributed by atoms with Crippen LogP contribution in [0.25, 0.3) is 0 Å². The fourth-order valence-electron chi connectivity index (χ4n) is 2.34. The van der Waals surface area contributed by atoms with E-state index in [4.69, 9.17) is 0 Å². The zero-order chi connectivity index (χ0) is 13.0. The highest BCUT2D eigenvalue weighted by Crippen LogP contribution is 2.16. The van der Waals surface area contributed by atoms with Crippen LogP contribution in [0.1, 0.15) is 26.2 Å². The average Bonchev–Trinajstić information content (AvgIpc) is 2.32. The summed E-state index contributed by atoms with van der Waals surface area (Å²) in [5, 5.41) is 2.97. The van der Waals surface area contributed by atoms with Crippen molar-refractivity contribution in [1.29, 1.82) is 0 Å². The van der Waals surface area contributed by atoms with Crippen LogP contribution in [0.5, 0.6) is 0 Å². The molecule has 1 aromatic carbocycles. The van der Waals surface area contributed by atoms with Crippen molar-refractivity contribution in [3.8, 4) is 0 Å². The molecule has 0 aliphatic carbocycles. The van der Waals surface area contributed by atoms with Gasteiger partial charge in [-0.25, -0.2) is 0 Å². The summed E-state index contributed by atoms with van der Waals surface area (Å²) >= 11 is 2.25. The number of carbonyl (C=O) groups excluding carboxylic acids is 1. The molecule has 0 spiro atoms. The highest BCUT2D eigenvalue weighted by atomic mass is 127. The second-order valence-electron chi connectivity index (χ2n) is 4.87. The lowest BCUT2D eigenvalue weighted by atomic mass is 10.0. The molecule has 1 atom stereocenters. The standard InChI is InChI=1S/C14H19IN2O/c1-11-5-2-3-8-17(11)10-14(18)16-13-7-4-6-12(15)9-13/h4,6-7,9,11H,2-3,5,8,10H2,1H3,(H,16,18)/t11-/m1/s1. The Morgan fingerprint density at radius 3 is 3.06 bits per heavy atom. The Balaban J connectivity index is 1.88. The molecule has 3 nitrogen and oxygen atoms in total. The van der Waals surface area contributed by atoms with Gasteiger partial charge in [-0.15, -0.1) is 0 Å². The lowest BCUT2D eigenvalue weighted by Crippen LogP contribution is -2.42. The van der Waals surface area contributed by atoms with Gasteiger partial charge in [-0.3, -0.25) is 9.69 Å². The van der Waals surface area contributed by atoms with Gasteiger partial charge in [0.2, 0.25) is 5.91 Å². The summed E-state index contributed by atoms with van der Waals surface area (Å²) in [6, 6.07) is 8.42. The summed E-state index contributed by atoms with van der Waals surface area (Å²) in [6.07, 6.45) is 3.70. The van der Waals surface area contributed by atoms with Gasteiger partial charge in [0.15, 0.2) is 0 Å². The first-order valence-corrected chi connectivity index (χ1v) is 7.52. The number of hydrogen-bond donors (Lipinski definition) is 1. The molecule has 4 heteroatoms. The molecule has 0 saturated carbocycles. The van der Waals surface area contributed by atoms with Gasteiger partial charge in [0.05, 0.1) is 6.54 Å². The zero-order valence-electron chi connectivity index (χ0n) is 10.7. The minimum Gasteiger partial charge on any atom is -0.325 e. The summed E-state index contributed by atoms with van der Waals surface area (Å²) in [4.78, 5) is 14.3. The molecule has 0 bridgehead atoms. The van der Waals surface area contributed by atoms with Gasteiger partial charge in [-0.05, 0) is 67.1 Å². The Morgan fingerprint density at radius 2 is 2.33 bits per heavy atom. The number of benzene rings is 1. The molecule has 0 unspecified atom stereocenters. The Kier molecular flexibility index (Phi) is 5.00. The average molecular weight is 358 g/mol. The summed E-state index contributed by atoms with van der Waals surface area (Å²) < 4.78 is 1.14. The smallest absolute Gasteiger partial charge is 0.238 e. The van der Waals surface area contributed by atoms with E-state index in [9.17, 15) is 4.79 Å². The van der Waals surface area contributed by atoms with E-state index < -0.39 is 0 Å². The van der Waals surface area contributed by atoms with Crippen molar-refractivity contribution in [3.63, 3.8) is 0 Å². The summed E-state index contributed by atoms with van der Waals surface area (Å²) in [6.45, 7) is 3.76. The second-order valence-corrected chi connectivity index (χ2v) is 6.12. The number of nitrogens with zero attached hydrogens (tertiary/aromatic N) is 1. The van der Waals surface area contributed by atoms with Crippen LogP contribution in [0.15, 0.2) is 24.3 Å². The molecule has 98 valence electrons. The van der Waals surface area contributed by atoms with Crippen molar-refractivity contribution in [2.45, 2.75) is 32.2 Å². The number of nitrogens with one attached hydrogen (secondary N) is 1. The number of rotatable bonds is 3. The molecule has 1 heterocycles. The van der Waals surface area contributed by atoms with Crippen molar-refractivity contribution in [2.75, 3.05) is 18.4 Å². The topological polar surface area (TPSA) is 32.3 Å². The fourth-order valence-corrected chi connectivity index (χ4v) is 2.89. The van der Waals surface area contributed by atoms with Crippen LogP contribution in [0.4, 0.5) is 5.69 Å². The molecule has 0 radical (unpaired) electrons. The number of hydrogen-bond acceptors (Lipinski definition) is 2. The number of halogens is 1. The minimum atomic E-state index is 0.0887. The Labute approximate surface area is 122 Å². The molecule has 1 aromatic rings. The molecule has 18 heavy (non-hydrogen) atoms. The van der Waals surface area contributed by atoms with Crippen molar-refractivity contribution in [2.24, 2.45) is 0 Å². The quantitative estimate of drug-likeness (QED) is 0.843. The van der Waals surface area contributed by atoms with Gasteiger partial charge < -0.3 is 5.32 Å². The number of anilines is 1. The van der Waals surface area contributed by atoms with Gasteiger partial charge in [0, 0.05) is 15.3 Å². The third-order valence-electron chi connectivity index (χ3n) is 3.40. The number of amides is 1. The van der Waals surface area contributed by atoms with Crippen molar-refractivity contribution in [1.82, 2.24) is 4.90 Å². The Bertz CT molecular complexity index is 422. The monoisotopic (exact) mass is 358 g/mol. The highest BCUT2D eigenvalue weighted by Gasteiger charge is 2.20. The lowest BCUT2D eigenvalue weighted by molar-refractivity contribution is -0.118. The maximum atomic E-state index is 12.0. The van der Waals surface area contributed by atoms with Crippen LogP contribution in [-0.2, 0) is 4.79 Å². The molecule has 1 amide bonds. The number of carbonyl (C=O) groups is 1. The molecule has 1 aliphatic heterocycles. The van der Waals surface area contributed by atoms with Gasteiger partial charge in [-0.1, -0.05) is 12.5 Å². The fraction of sp³-hybridized carbons (Fsp3) is 0.500. The van der Waals surface area contributed by atoms with Crippen molar-refractivity contribution in [3.05, 3.63) is 27.8 Å². The number of likely N-dealkylation sites (tertiary alicyclic amines) is 1. The molecule has 1 fully saturated rings. The van der Waals surface area contributed by atoms with E-state index in [1.807, 2.05) is 24.3 Å². The first-order chi connectivity index (χ1) is 8.65. The van der Waals surface area contributed by atoms with Gasteiger partial charge in [0.1, 0.15) is 0 Å². The van der Waals surface area contributed by atoms with Gasteiger partial charge in [0.25, 0.3) is 0 Å². The van der Waals surface area contributed by atoms with E-state index >= 15 is 0 Å². The maximum Gasteiger partial charge on any atom is 0.238 e. The SMILES string of the molecule is C[C@@H]1CCCCN1CC(=O)Nc1cccc(I)c1. The molecule has 0 aromatic heterocycles. The zero-order valence-corrected chi connectivity index (χ0v) is 12.8. The van der Waals surface area contributed by atoms with Crippen LogP contribution in [-0.4, -0.2) is 29.9 Å². The van der Waals surface area contributed by atoms with Crippen LogP contribution >= 0.6 is 22.6 Å². The summed E-state index contributed by atoms with van der Waals surface area (Å²) in [7, 11) is 0. The van der Waals surface area contributed by atoms with Crippen molar-refractivity contribution < 1.29 is 4.79 Å². The van der Waals surface area contributed by atoms with E-state index in [2.05, 4.69) is 39.7 Å². The van der Waals surface area contributed by atoms with E-state index in [0.717, 1.165) is 15.8 Å². The predicted octanol–water partition coefficient (Wildman–Crippen LogP) is 3.10. The van der Waals surface area contributed by atoms with Crippen LogP contribution in [0.3, 0.4) is 0 Å². The normalized spacial score (nSPS) is 20.7. The Morgan fingerprint density at radius 1 is 1.50 bits per heavy atom. The highest BCUT2D eigenvalue weighted by molar-refractivity contribution is 14.1. The summed E-state index contributed by atoms with van der Waals surface area (Å²) in [5.41, 5.74) is 0.886. The summed E-state index contributed by atoms with van der Waals surface area (Å²) in [5.74, 6) is 0.0887. The molecule has 1 N–H and O–H groups in total. The predicted molar refractivity (Wildman–Crippen MR) is 82.7 cm³/mol. The minimum absolute atomic E-state index is 0.0887. The molecular formula is C14H19IN2O. The lowest BCUT2D eigenvalue weighted by Gasteiger charge is -2.32. The Hall–Kier alpha value is -0.620. The first-order valence-electron chi connectivity index (χ1n) is 6.44. The third kappa shape index (κ3) is 3.95. The van der Waals surface area contributed by atoms with E-state index in [1.54, 1.807) is 0 Å². The third-order valence-corrected chi connectivity index (χ3v) is 4.07. The molecule has 2 rings (SSSR count). The van der Waals surface area contributed by atoms with E-state index in [1.165, 1.54) is 19.3 Å². The molecule has 1 aliphatic rings. The maximum absolute atomic E-state index is 12.0. The van der Waals surface area contributed by atoms with Gasteiger partial charge >= 0.3 is 0 Å². The second kappa shape index (κ2) is 6.52. The molecular weight excluding hydrogens is 339 g/mol. The first kappa shape index (κ1) is 13.8. The molecule has 1 saturated heterocycles.